The molecule has 0 aromatic heterocycles. The van der Waals surface area contributed by atoms with Crippen molar-refractivity contribution in [1.82, 2.24) is 0 Å². The van der Waals surface area contributed by atoms with E-state index in [1.165, 1.54) is 6.92 Å². The van der Waals surface area contributed by atoms with Gasteiger partial charge in [-0.15, -0.1) is 0 Å². The second-order valence-electron chi connectivity index (χ2n) is 2.98. The molecule has 1 aromatic rings. The number of benzene rings is 1. The van der Waals surface area contributed by atoms with E-state index in [0.29, 0.717) is 0 Å². The normalized spacial score (nSPS) is 12.5. The summed E-state index contributed by atoms with van der Waals surface area (Å²) in [6.07, 6.45) is -0.508. The molecule has 0 aliphatic carbocycles. The molecule has 0 heterocycles. The monoisotopic (exact) mass is 242 g/mol. The van der Waals surface area contributed by atoms with Crippen LogP contribution in [0.2, 0.25) is 0 Å². The second kappa shape index (κ2) is 4.53. The summed E-state index contributed by atoms with van der Waals surface area (Å²) in [7, 11) is 0. The number of ketones is 1. The number of hydrogen-bond acceptors (Lipinski definition) is 2. The third kappa shape index (κ3) is 3.28. The topological polar surface area (TPSA) is 37.3 Å². The summed E-state index contributed by atoms with van der Waals surface area (Å²) < 4.78 is 0.910. The van der Waals surface area contributed by atoms with Crippen LogP contribution >= 0.6 is 15.9 Å². The van der Waals surface area contributed by atoms with E-state index in [4.69, 9.17) is 0 Å². The van der Waals surface area contributed by atoms with Crippen LogP contribution in [0, 0.1) is 0 Å². The number of Topliss-reactive ketones (excluding diaryl/α,β-unsaturated/α-hetero) is 1. The van der Waals surface area contributed by atoms with E-state index in [1.54, 1.807) is 6.07 Å². The lowest BCUT2D eigenvalue weighted by molar-refractivity contribution is -0.118. The van der Waals surface area contributed by atoms with Crippen LogP contribution in [0.4, 0.5) is 0 Å². The number of carbonyl (C=O) groups excluding carboxylic acids is 1. The Morgan fingerprint density at radius 1 is 1.62 bits per heavy atom. The fraction of sp³-hybridized carbons (Fsp3) is 0.300. The van der Waals surface area contributed by atoms with Gasteiger partial charge in [-0.2, -0.15) is 0 Å². The van der Waals surface area contributed by atoms with Crippen LogP contribution in [0.1, 0.15) is 25.0 Å². The van der Waals surface area contributed by atoms with E-state index in [-0.39, 0.29) is 12.2 Å². The van der Waals surface area contributed by atoms with Gasteiger partial charge >= 0.3 is 0 Å². The van der Waals surface area contributed by atoms with Crippen LogP contribution in [0.3, 0.4) is 0 Å². The van der Waals surface area contributed by atoms with Gasteiger partial charge in [-0.1, -0.05) is 28.1 Å². The van der Waals surface area contributed by atoms with Crippen LogP contribution < -0.4 is 0 Å². The van der Waals surface area contributed by atoms with E-state index in [2.05, 4.69) is 15.9 Å². The highest BCUT2D eigenvalue weighted by Gasteiger charge is 2.09. The lowest BCUT2D eigenvalue weighted by atomic mass is 10.1. The van der Waals surface area contributed by atoms with Gasteiger partial charge in [0.15, 0.2) is 0 Å². The Hall–Kier alpha value is -0.670. The molecule has 0 radical (unpaired) electrons. The predicted molar refractivity (Wildman–Crippen MR) is 54.4 cm³/mol. The smallest absolute Gasteiger partial charge is 0.132 e. The fourth-order valence-corrected chi connectivity index (χ4v) is 1.52. The van der Waals surface area contributed by atoms with Crippen LogP contribution in [-0.2, 0) is 4.79 Å². The molecule has 0 amide bonds. The van der Waals surface area contributed by atoms with E-state index in [0.717, 1.165) is 10.0 Å². The first-order chi connectivity index (χ1) is 6.09. The van der Waals surface area contributed by atoms with Crippen molar-refractivity contribution in [1.29, 1.82) is 0 Å². The number of carbonyl (C=O) groups is 1. The van der Waals surface area contributed by atoms with Gasteiger partial charge in [-0.05, 0) is 24.6 Å². The minimum atomic E-state index is -0.685. The molecule has 3 heteroatoms. The van der Waals surface area contributed by atoms with Gasteiger partial charge < -0.3 is 5.11 Å². The summed E-state index contributed by atoms with van der Waals surface area (Å²) in [5.74, 6) is -0.00697. The zero-order valence-electron chi connectivity index (χ0n) is 7.33. The maximum absolute atomic E-state index is 10.7. The van der Waals surface area contributed by atoms with Crippen molar-refractivity contribution in [2.75, 3.05) is 0 Å². The van der Waals surface area contributed by atoms with Crippen molar-refractivity contribution in [2.24, 2.45) is 0 Å². The Kier molecular flexibility index (Phi) is 3.63. The van der Waals surface area contributed by atoms with Crippen LogP contribution in [0.25, 0.3) is 0 Å². The number of aliphatic hydroxyl groups excluding tert-OH is 1. The highest BCUT2D eigenvalue weighted by molar-refractivity contribution is 9.10. The van der Waals surface area contributed by atoms with Crippen LogP contribution in [-0.4, -0.2) is 10.9 Å². The third-order valence-electron chi connectivity index (χ3n) is 1.71. The van der Waals surface area contributed by atoms with Gasteiger partial charge in [0.05, 0.1) is 6.10 Å². The Balaban J connectivity index is 2.76. The molecule has 0 bridgehead atoms. The summed E-state index contributed by atoms with van der Waals surface area (Å²) in [5, 5.41) is 9.57. The zero-order valence-corrected chi connectivity index (χ0v) is 8.91. The SMILES string of the molecule is CC(=O)C[C@H](O)c1cccc(Br)c1. The van der Waals surface area contributed by atoms with E-state index >= 15 is 0 Å². The molecule has 0 aliphatic heterocycles. The van der Waals surface area contributed by atoms with Crippen LogP contribution in [0.15, 0.2) is 28.7 Å². The average molecular weight is 243 g/mol. The van der Waals surface area contributed by atoms with Crippen LogP contribution in [0.5, 0.6) is 0 Å². The first kappa shape index (κ1) is 10.4. The van der Waals surface area contributed by atoms with Crippen molar-refractivity contribution >= 4 is 21.7 Å². The van der Waals surface area contributed by atoms with Gasteiger partial charge in [-0.3, -0.25) is 4.79 Å². The number of aliphatic hydroxyl groups is 1. The first-order valence-electron chi connectivity index (χ1n) is 4.02. The van der Waals surface area contributed by atoms with Crippen molar-refractivity contribution in [3.05, 3.63) is 34.3 Å². The zero-order chi connectivity index (χ0) is 9.84. The Labute approximate surface area is 85.7 Å². The maximum Gasteiger partial charge on any atom is 0.132 e. The summed E-state index contributed by atoms with van der Waals surface area (Å²) in [4.78, 5) is 10.7. The van der Waals surface area contributed by atoms with Gasteiger partial charge in [-0.25, -0.2) is 0 Å². The third-order valence-corrected chi connectivity index (χ3v) is 2.21. The molecule has 70 valence electrons. The van der Waals surface area contributed by atoms with E-state index < -0.39 is 6.10 Å². The molecular weight excluding hydrogens is 232 g/mol. The predicted octanol–water partition coefficient (Wildman–Crippen LogP) is 2.46. The molecule has 13 heavy (non-hydrogen) atoms. The minimum absolute atomic E-state index is 0.00697. The highest BCUT2D eigenvalue weighted by Crippen LogP contribution is 2.20. The van der Waals surface area contributed by atoms with Gasteiger partial charge in [0.1, 0.15) is 5.78 Å². The molecule has 2 nitrogen and oxygen atoms in total. The second-order valence-corrected chi connectivity index (χ2v) is 3.89. The first-order valence-corrected chi connectivity index (χ1v) is 4.82. The van der Waals surface area contributed by atoms with Crippen molar-refractivity contribution < 1.29 is 9.90 Å². The quantitative estimate of drug-likeness (QED) is 0.885. The van der Waals surface area contributed by atoms with Gasteiger partial charge in [0.2, 0.25) is 0 Å². The molecule has 0 aliphatic rings. The molecule has 1 N–H and O–H groups in total. The molecule has 1 rings (SSSR count). The molecule has 0 saturated heterocycles. The highest BCUT2D eigenvalue weighted by atomic mass is 79.9. The number of halogens is 1. The Morgan fingerprint density at radius 2 is 2.31 bits per heavy atom. The molecule has 1 aromatic carbocycles. The molecule has 0 unspecified atom stereocenters. The molecule has 1 atom stereocenters. The average Bonchev–Trinajstić information content (AvgIpc) is 2.03. The summed E-state index contributed by atoms with van der Waals surface area (Å²) in [6, 6.07) is 7.33. The lowest BCUT2D eigenvalue weighted by Crippen LogP contribution is -2.02. The molecule has 0 fully saturated rings. The lowest BCUT2D eigenvalue weighted by Gasteiger charge is -2.08. The van der Waals surface area contributed by atoms with Gasteiger partial charge in [0, 0.05) is 10.9 Å². The summed E-state index contributed by atoms with van der Waals surface area (Å²) in [6.45, 7) is 1.47. The summed E-state index contributed by atoms with van der Waals surface area (Å²) >= 11 is 3.30. The standard InChI is InChI=1S/C10H11BrO2/c1-7(12)5-10(13)8-3-2-4-9(11)6-8/h2-4,6,10,13H,5H2,1H3/t10-/m0/s1. The molecule has 0 saturated carbocycles. The maximum atomic E-state index is 10.7. The van der Waals surface area contributed by atoms with Gasteiger partial charge in [0.25, 0.3) is 0 Å². The number of hydrogen-bond donors (Lipinski definition) is 1. The van der Waals surface area contributed by atoms with Crippen molar-refractivity contribution in [3.8, 4) is 0 Å². The summed E-state index contributed by atoms with van der Waals surface area (Å²) in [5.41, 5.74) is 0.768. The Morgan fingerprint density at radius 3 is 2.85 bits per heavy atom. The minimum Gasteiger partial charge on any atom is -0.388 e. The van der Waals surface area contributed by atoms with Crippen molar-refractivity contribution in [2.45, 2.75) is 19.4 Å². The van der Waals surface area contributed by atoms with E-state index in [9.17, 15) is 9.90 Å². The Bertz CT molecular complexity index is 310. The van der Waals surface area contributed by atoms with E-state index in [1.807, 2.05) is 18.2 Å². The largest absolute Gasteiger partial charge is 0.388 e. The van der Waals surface area contributed by atoms with Crippen molar-refractivity contribution in [3.63, 3.8) is 0 Å². The fourth-order valence-electron chi connectivity index (χ4n) is 1.10. The molecule has 0 spiro atoms. The number of rotatable bonds is 3. The molecular formula is C10H11BrO2.